The first-order valence-electron chi connectivity index (χ1n) is 14.5. The van der Waals surface area contributed by atoms with Gasteiger partial charge in [-0.25, -0.2) is 0 Å². The number of esters is 1. The SMILES string of the molecule is CCOC(=O)[C@]12CC[C@@H](C)[C@H](C)[C@H]1C1=CC[C@@H]3[C@@]4(C)CC=C(Cl)C(C)(C)[C@@H]4CC[C@@]3(C)[C@]1(C)CC2. The molecule has 9 atom stereocenters. The summed E-state index contributed by atoms with van der Waals surface area (Å²) in [6.07, 6.45) is 14.0. The first-order valence-corrected chi connectivity index (χ1v) is 14.9. The van der Waals surface area contributed by atoms with Crippen molar-refractivity contribution in [3.05, 3.63) is 22.8 Å². The fourth-order valence-corrected chi connectivity index (χ4v) is 10.9. The summed E-state index contributed by atoms with van der Waals surface area (Å²) in [4.78, 5) is 13.6. The zero-order valence-corrected chi connectivity index (χ0v) is 24.4. The van der Waals surface area contributed by atoms with Crippen LogP contribution in [0, 0.1) is 56.7 Å². The highest BCUT2D eigenvalue weighted by Crippen LogP contribution is 2.75. The van der Waals surface area contributed by atoms with Gasteiger partial charge in [-0.3, -0.25) is 4.79 Å². The second kappa shape index (κ2) is 8.12. The number of fused-ring (bicyclic) bond motifs is 7. The summed E-state index contributed by atoms with van der Waals surface area (Å²) in [5.41, 5.74) is 2.02. The van der Waals surface area contributed by atoms with Crippen LogP contribution in [0.2, 0.25) is 0 Å². The van der Waals surface area contributed by atoms with E-state index in [1.807, 2.05) is 6.92 Å². The molecule has 3 saturated carbocycles. The second-order valence-electron chi connectivity index (χ2n) is 14.5. The van der Waals surface area contributed by atoms with Crippen molar-refractivity contribution in [3.8, 4) is 0 Å². The summed E-state index contributed by atoms with van der Waals surface area (Å²) < 4.78 is 5.80. The van der Waals surface area contributed by atoms with E-state index >= 15 is 0 Å². The van der Waals surface area contributed by atoms with E-state index in [0.29, 0.717) is 36.2 Å². The van der Waals surface area contributed by atoms with Crippen LogP contribution >= 0.6 is 11.6 Å². The Balaban J connectivity index is 1.61. The Morgan fingerprint density at radius 1 is 1.00 bits per heavy atom. The summed E-state index contributed by atoms with van der Waals surface area (Å²) in [6, 6.07) is 0. The highest BCUT2D eigenvalue weighted by molar-refractivity contribution is 6.30. The van der Waals surface area contributed by atoms with Crippen molar-refractivity contribution < 1.29 is 9.53 Å². The maximum Gasteiger partial charge on any atom is 0.312 e. The van der Waals surface area contributed by atoms with Crippen molar-refractivity contribution >= 4 is 17.6 Å². The molecule has 0 radical (unpaired) electrons. The Labute approximate surface area is 219 Å². The van der Waals surface area contributed by atoms with E-state index < -0.39 is 0 Å². The number of carbonyl (C=O) groups excluding carboxylic acids is 1. The predicted molar refractivity (Wildman–Crippen MR) is 145 cm³/mol. The summed E-state index contributed by atoms with van der Waals surface area (Å²) in [5.74, 6) is 2.85. The average Bonchev–Trinajstić information content (AvgIpc) is 2.79. The molecule has 3 heteroatoms. The van der Waals surface area contributed by atoms with Gasteiger partial charge in [0.1, 0.15) is 0 Å². The molecule has 3 fully saturated rings. The van der Waals surface area contributed by atoms with Gasteiger partial charge in [0.15, 0.2) is 0 Å². The molecular formula is C32H49ClO2. The van der Waals surface area contributed by atoms with Crippen molar-refractivity contribution in [3.63, 3.8) is 0 Å². The van der Waals surface area contributed by atoms with Gasteiger partial charge in [0.25, 0.3) is 0 Å². The molecule has 0 aromatic heterocycles. The zero-order chi connectivity index (χ0) is 25.6. The first-order chi connectivity index (χ1) is 16.3. The zero-order valence-electron chi connectivity index (χ0n) is 23.6. The van der Waals surface area contributed by atoms with Crippen LogP contribution < -0.4 is 0 Å². The van der Waals surface area contributed by atoms with Gasteiger partial charge in [-0.15, -0.1) is 0 Å². The normalized spacial score (nSPS) is 50.5. The van der Waals surface area contributed by atoms with Crippen molar-refractivity contribution in [1.29, 1.82) is 0 Å². The molecule has 2 nitrogen and oxygen atoms in total. The topological polar surface area (TPSA) is 26.3 Å². The number of hydrogen-bond donors (Lipinski definition) is 0. The minimum absolute atomic E-state index is 0.0553. The van der Waals surface area contributed by atoms with Crippen LogP contribution in [0.15, 0.2) is 22.8 Å². The smallest absolute Gasteiger partial charge is 0.312 e. The van der Waals surface area contributed by atoms with Crippen LogP contribution in [-0.2, 0) is 9.53 Å². The monoisotopic (exact) mass is 500 g/mol. The number of halogens is 1. The van der Waals surface area contributed by atoms with Crippen LogP contribution in [-0.4, -0.2) is 12.6 Å². The Morgan fingerprint density at radius 3 is 2.40 bits per heavy atom. The highest BCUT2D eigenvalue weighted by Gasteiger charge is 2.69. The molecule has 0 spiro atoms. The fourth-order valence-electron chi connectivity index (χ4n) is 10.7. The van der Waals surface area contributed by atoms with Crippen LogP contribution in [0.1, 0.15) is 107 Å². The molecule has 5 rings (SSSR count). The van der Waals surface area contributed by atoms with Crippen LogP contribution in [0.5, 0.6) is 0 Å². The van der Waals surface area contributed by atoms with Crippen molar-refractivity contribution in [2.75, 3.05) is 6.61 Å². The lowest BCUT2D eigenvalue weighted by Crippen LogP contribution is -2.64. The van der Waals surface area contributed by atoms with E-state index in [1.165, 1.54) is 12.8 Å². The number of ether oxygens (including phenoxy) is 1. The maximum absolute atomic E-state index is 13.6. The molecule has 0 saturated heterocycles. The van der Waals surface area contributed by atoms with Gasteiger partial charge in [0.2, 0.25) is 0 Å². The number of allylic oxidation sites excluding steroid dienone is 4. The molecule has 0 N–H and O–H groups in total. The molecule has 0 heterocycles. The van der Waals surface area contributed by atoms with Gasteiger partial charge < -0.3 is 4.74 Å². The molecular weight excluding hydrogens is 452 g/mol. The average molecular weight is 501 g/mol. The Hall–Kier alpha value is -0.760. The molecule has 35 heavy (non-hydrogen) atoms. The molecule has 0 aromatic rings. The Bertz CT molecular complexity index is 963. The lowest BCUT2D eigenvalue weighted by atomic mass is 9.34. The summed E-state index contributed by atoms with van der Waals surface area (Å²) in [7, 11) is 0. The molecule has 5 aliphatic rings. The largest absolute Gasteiger partial charge is 0.466 e. The van der Waals surface area contributed by atoms with Gasteiger partial charge in [-0.05, 0) is 104 Å². The molecule has 0 aromatic carbocycles. The molecule has 196 valence electrons. The van der Waals surface area contributed by atoms with E-state index in [0.717, 1.165) is 43.6 Å². The molecule has 0 amide bonds. The fraction of sp³-hybridized carbons (Fsp3) is 0.844. The van der Waals surface area contributed by atoms with Gasteiger partial charge >= 0.3 is 5.97 Å². The quantitative estimate of drug-likeness (QED) is 0.279. The number of rotatable bonds is 2. The predicted octanol–water partition coefficient (Wildman–Crippen LogP) is 8.94. The van der Waals surface area contributed by atoms with Gasteiger partial charge in [-0.2, -0.15) is 0 Å². The molecule has 5 aliphatic carbocycles. The second-order valence-corrected chi connectivity index (χ2v) is 14.9. The standard InChI is InChI=1S/C32H49ClO2/c1-9-35-27(34)32-17-12-20(2)21(3)26(32)22-10-11-24-29(6)15-14-25(33)28(4,5)23(29)13-16-31(24,8)30(22,7)18-19-32/h10,14,20-21,23-24,26H,9,11-13,15-19H2,1-8H3/t20-,21+,23+,24-,26+,29+,30-,31-,32+/m1/s1. The number of carbonyl (C=O) groups is 1. The Morgan fingerprint density at radius 2 is 1.71 bits per heavy atom. The lowest BCUT2D eigenvalue weighted by Gasteiger charge is -2.70. The molecule has 0 bridgehead atoms. The first kappa shape index (κ1) is 25.9. The minimum atomic E-state index is -0.319. The van der Waals surface area contributed by atoms with Crippen molar-refractivity contribution in [1.82, 2.24) is 0 Å². The van der Waals surface area contributed by atoms with Crippen molar-refractivity contribution in [2.24, 2.45) is 56.7 Å². The van der Waals surface area contributed by atoms with Crippen LogP contribution in [0.25, 0.3) is 0 Å². The Kier molecular flexibility index (Phi) is 6.00. The third-order valence-electron chi connectivity index (χ3n) is 13.1. The van der Waals surface area contributed by atoms with Gasteiger partial charge in [-0.1, -0.05) is 77.8 Å². The highest BCUT2D eigenvalue weighted by atomic mass is 35.5. The van der Waals surface area contributed by atoms with E-state index in [9.17, 15) is 4.79 Å². The number of hydrogen-bond acceptors (Lipinski definition) is 2. The molecule has 0 aliphatic heterocycles. The van der Waals surface area contributed by atoms with E-state index in [4.69, 9.17) is 16.3 Å². The van der Waals surface area contributed by atoms with Crippen molar-refractivity contribution in [2.45, 2.75) is 107 Å². The van der Waals surface area contributed by atoms with Crippen LogP contribution in [0.4, 0.5) is 0 Å². The van der Waals surface area contributed by atoms with Gasteiger partial charge in [0.05, 0.1) is 12.0 Å². The minimum Gasteiger partial charge on any atom is -0.466 e. The molecule has 0 unspecified atom stereocenters. The summed E-state index contributed by atoms with van der Waals surface area (Å²) in [6.45, 7) is 19.8. The summed E-state index contributed by atoms with van der Waals surface area (Å²) >= 11 is 6.82. The van der Waals surface area contributed by atoms with E-state index in [1.54, 1.807) is 5.57 Å². The third-order valence-corrected chi connectivity index (χ3v) is 13.8. The lowest BCUT2D eigenvalue weighted by molar-refractivity contribution is -0.183. The van der Waals surface area contributed by atoms with E-state index in [-0.39, 0.29) is 33.0 Å². The van der Waals surface area contributed by atoms with Gasteiger partial charge in [0, 0.05) is 10.4 Å². The summed E-state index contributed by atoms with van der Waals surface area (Å²) in [5, 5.41) is 1.07. The maximum atomic E-state index is 13.6. The van der Waals surface area contributed by atoms with E-state index in [2.05, 4.69) is 60.6 Å². The van der Waals surface area contributed by atoms with Crippen LogP contribution in [0.3, 0.4) is 0 Å². The third kappa shape index (κ3) is 3.17.